The van der Waals surface area contributed by atoms with Crippen molar-refractivity contribution in [2.24, 2.45) is 0 Å². The minimum atomic E-state index is 1.15. The van der Waals surface area contributed by atoms with Crippen molar-refractivity contribution in [2.75, 3.05) is 0 Å². The van der Waals surface area contributed by atoms with Gasteiger partial charge in [0, 0.05) is 47.4 Å². The van der Waals surface area contributed by atoms with Crippen molar-refractivity contribution in [3.63, 3.8) is 0 Å². The molecule has 11 aromatic rings. The molecule has 8 aromatic carbocycles. The van der Waals surface area contributed by atoms with E-state index in [-0.39, 0.29) is 0 Å². The molecule has 238 valence electrons. The van der Waals surface area contributed by atoms with Crippen molar-refractivity contribution in [1.82, 2.24) is 9.13 Å². The van der Waals surface area contributed by atoms with E-state index in [1.54, 1.807) is 0 Å². The molecule has 0 unspecified atom stereocenters. The van der Waals surface area contributed by atoms with E-state index in [1.165, 1.54) is 91.7 Å². The molecule has 0 atom stereocenters. The summed E-state index contributed by atoms with van der Waals surface area (Å²) < 4.78 is 7.62. The summed E-state index contributed by atoms with van der Waals surface area (Å²) in [4.78, 5) is 0. The lowest BCUT2D eigenvalue weighted by Gasteiger charge is -2.12. The predicted octanol–water partition coefficient (Wildman–Crippen LogP) is 13.6. The Morgan fingerprint density at radius 3 is 1.76 bits per heavy atom. The van der Waals surface area contributed by atoms with E-state index >= 15 is 0 Å². The summed E-state index contributed by atoms with van der Waals surface area (Å²) in [6, 6.07) is 66.6. The minimum Gasteiger partial charge on any atom is -0.309 e. The topological polar surface area (TPSA) is 9.86 Å². The van der Waals surface area contributed by atoms with Crippen LogP contribution in [0.3, 0.4) is 0 Å². The van der Waals surface area contributed by atoms with Gasteiger partial charge >= 0.3 is 0 Å². The zero-order valence-corrected chi connectivity index (χ0v) is 28.4. The molecule has 0 fully saturated rings. The van der Waals surface area contributed by atoms with Gasteiger partial charge in [-0.3, -0.25) is 0 Å². The second kappa shape index (κ2) is 11.0. The average molecular weight is 667 g/mol. The second-order valence-corrected chi connectivity index (χ2v) is 14.4. The normalized spacial score (nSPS) is 11.9. The number of nitrogens with zero attached hydrogens (tertiary/aromatic N) is 2. The molecular formula is C48H30N2S. The maximum Gasteiger partial charge on any atom is 0.0641 e. The first-order valence-corrected chi connectivity index (χ1v) is 18.3. The number of para-hydroxylation sites is 2. The lowest BCUT2D eigenvalue weighted by atomic mass is 10.00. The van der Waals surface area contributed by atoms with Crippen LogP contribution in [0.25, 0.3) is 97.4 Å². The van der Waals surface area contributed by atoms with Crippen molar-refractivity contribution < 1.29 is 0 Å². The molecule has 0 aliphatic rings. The number of aromatic nitrogens is 2. The first kappa shape index (κ1) is 28.4. The van der Waals surface area contributed by atoms with Crippen LogP contribution in [-0.4, -0.2) is 9.13 Å². The molecule has 0 radical (unpaired) electrons. The summed E-state index contributed by atoms with van der Waals surface area (Å²) in [6.07, 6.45) is 0. The molecule has 0 spiro atoms. The molecule has 0 aliphatic carbocycles. The highest BCUT2D eigenvalue weighted by molar-refractivity contribution is 7.25. The first-order valence-electron chi connectivity index (χ1n) is 17.4. The molecular weight excluding hydrogens is 637 g/mol. The van der Waals surface area contributed by atoms with E-state index in [2.05, 4.69) is 191 Å². The second-order valence-electron chi connectivity index (χ2n) is 13.3. The third kappa shape index (κ3) is 4.22. The van der Waals surface area contributed by atoms with Crippen LogP contribution in [0.2, 0.25) is 0 Å². The van der Waals surface area contributed by atoms with Gasteiger partial charge in [-0.2, -0.15) is 0 Å². The standard InChI is InChI=1S/C48H30N2S/c1-2-12-31(13-3-1)32-24-26-33(27-25-32)34-14-10-15-35(30-34)49-40-19-7-4-16-36(40)37-28-29-43-47(48(37)49)38-17-5-8-20-41(38)50(43)42-21-11-23-45-46(42)39-18-6-9-22-44(39)51-45/h1-30H. The average Bonchev–Trinajstić information content (AvgIpc) is 3.86. The van der Waals surface area contributed by atoms with Crippen LogP contribution in [0, 0.1) is 0 Å². The fourth-order valence-electron chi connectivity index (χ4n) is 8.29. The smallest absolute Gasteiger partial charge is 0.0641 e. The van der Waals surface area contributed by atoms with Crippen molar-refractivity contribution in [1.29, 1.82) is 0 Å². The fraction of sp³-hybridized carbons (Fsp3) is 0. The van der Waals surface area contributed by atoms with E-state index in [0.717, 1.165) is 5.69 Å². The Labute approximate surface area is 298 Å². The minimum absolute atomic E-state index is 1.15. The molecule has 0 N–H and O–H groups in total. The quantitative estimate of drug-likeness (QED) is 0.177. The van der Waals surface area contributed by atoms with Crippen molar-refractivity contribution in [2.45, 2.75) is 0 Å². The van der Waals surface area contributed by atoms with Crippen LogP contribution < -0.4 is 0 Å². The molecule has 0 amide bonds. The number of fused-ring (bicyclic) bond motifs is 10. The van der Waals surface area contributed by atoms with Crippen molar-refractivity contribution in [3.05, 3.63) is 182 Å². The molecule has 0 bridgehead atoms. The Morgan fingerprint density at radius 1 is 0.333 bits per heavy atom. The summed E-state index contributed by atoms with van der Waals surface area (Å²) in [7, 11) is 0. The van der Waals surface area contributed by atoms with Gasteiger partial charge in [-0.25, -0.2) is 0 Å². The van der Waals surface area contributed by atoms with E-state index in [1.807, 2.05) is 11.3 Å². The van der Waals surface area contributed by atoms with Crippen molar-refractivity contribution >= 4 is 75.1 Å². The van der Waals surface area contributed by atoms with Gasteiger partial charge in [0.05, 0.1) is 27.8 Å². The summed E-state index contributed by atoms with van der Waals surface area (Å²) in [6.45, 7) is 0. The van der Waals surface area contributed by atoms with E-state index < -0.39 is 0 Å². The van der Waals surface area contributed by atoms with Gasteiger partial charge in [0.25, 0.3) is 0 Å². The summed E-state index contributed by atoms with van der Waals surface area (Å²) in [5.41, 5.74) is 12.1. The predicted molar refractivity (Wildman–Crippen MR) is 219 cm³/mol. The zero-order valence-electron chi connectivity index (χ0n) is 27.6. The number of hydrogen-bond acceptors (Lipinski definition) is 1. The van der Waals surface area contributed by atoms with Crippen LogP contribution in [0.1, 0.15) is 0 Å². The monoisotopic (exact) mass is 666 g/mol. The summed E-state index contributed by atoms with van der Waals surface area (Å²) in [5, 5.41) is 7.67. The van der Waals surface area contributed by atoms with E-state index in [4.69, 9.17) is 0 Å². The molecule has 0 aliphatic heterocycles. The van der Waals surface area contributed by atoms with Crippen LogP contribution in [0.5, 0.6) is 0 Å². The molecule has 3 heteroatoms. The molecule has 3 aromatic heterocycles. The van der Waals surface area contributed by atoms with Gasteiger partial charge < -0.3 is 9.13 Å². The van der Waals surface area contributed by atoms with E-state index in [9.17, 15) is 0 Å². The van der Waals surface area contributed by atoms with Crippen molar-refractivity contribution in [3.8, 4) is 33.6 Å². The Morgan fingerprint density at radius 2 is 0.941 bits per heavy atom. The Kier molecular flexibility index (Phi) is 6.16. The number of thiophene rings is 1. The van der Waals surface area contributed by atoms with Gasteiger partial charge in [0.15, 0.2) is 0 Å². The van der Waals surface area contributed by atoms with Crippen LogP contribution in [0.4, 0.5) is 0 Å². The van der Waals surface area contributed by atoms with Crippen LogP contribution >= 0.6 is 11.3 Å². The molecule has 3 heterocycles. The van der Waals surface area contributed by atoms with Gasteiger partial charge in [-0.05, 0) is 70.8 Å². The zero-order chi connectivity index (χ0) is 33.5. The molecule has 2 nitrogen and oxygen atoms in total. The largest absolute Gasteiger partial charge is 0.309 e. The van der Waals surface area contributed by atoms with Gasteiger partial charge in [0.1, 0.15) is 0 Å². The number of hydrogen-bond donors (Lipinski definition) is 0. The SMILES string of the molecule is c1ccc(-c2ccc(-c3cccc(-n4c5ccccc5c5ccc6c(c7ccccc7n6-c6cccc7sc8ccccc8c67)c54)c3)cc2)cc1. The Bertz CT molecular complexity index is 3120. The lowest BCUT2D eigenvalue weighted by Crippen LogP contribution is -1.96. The Hall–Kier alpha value is -6.42. The highest BCUT2D eigenvalue weighted by Gasteiger charge is 2.22. The molecule has 0 saturated heterocycles. The van der Waals surface area contributed by atoms with Gasteiger partial charge in [0.2, 0.25) is 0 Å². The van der Waals surface area contributed by atoms with Gasteiger partial charge in [-0.1, -0.05) is 133 Å². The molecule has 11 rings (SSSR count). The highest BCUT2D eigenvalue weighted by atomic mass is 32.1. The first-order chi connectivity index (χ1) is 25.3. The van der Waals surface area contributed by atoms with Crippen LogP contribution in [0.15, 0.2) is 182 Å². The number of benzene rings is 8. The maximum atomic E-state index is 2.50. The third-order valence-corrected chi connectivity index (χ3v) is 11.7. The van der Waals surface area contributed by atoms with Crippen LogP contribution in [-0.2, 0) is 0 Å². The molecule has 0 saturated carbocycles. The lowest BCUT2D eigenvalue weighted by molar-refractivity contribution is 1.18. The highest BCUT2D eigenvalue weighted by Crippen LogP contribution is 2.45. The third-order valence-electron chi connectivity index (χ3n) is 10.5. The fourth-order valence-corrected chi connectivity index (χ4v) is 9.42. The Balaban J connectivity index is 1.19. The maximum absolute atomic E-state index is 2.50. The summed E-state index contributed by atoms with van der Waals surface area (Å²) in [5.74, 6) is 0. The van der Waals surface area contributed by atoms with Gasteiger partial charge in [-0.15, -0.1) is 11.3 Å². The number of rotatable bonds is 4. The van der Waals surface area contributed by atoms with E-state index in [0.29, 0.717) is 0 Å². The molecule has 51 heavy (non-hydrogen) atoms. The summed E-state index contributed by atoms with van der Waals surface area (Å²) >= 11 is 1.87.